The van der Waals surface area contributed by atoms with E-state index in [2.05, 4.69) is 13.8 Å². The van der Waals surface area contributed by atoms with Crippen LogP contribution in [-0.2, 0) is 0 Å². The zero-order valence-electron chi connectivity index (χ0n) is 13.4. The summed E-state index contributed by atoms with van der Waals surface area (Å²) in [5.41, 5.74) is 1.09. The summed E-state index contributed by atoms with van der Waals surface area (Å²) in [4.78, 5) is 0. The van der Waals surface area contributed by atoms with E-state index in [9.17, 15) is 5.11 Å². The Kier molecular flexibility index (Phi) is 3.05. The number of aliphatic hydroxyl groups excluding tert-OH is 1. The molecule has 0 bridgehead atoms. The fourth-order valence-corrected chi connectivity index (χ4v) is 7.32. The number of rotatable bonds is 0. The van der Waals surface area contributed by atoms with Crippen molar-refractivity contribution in [3.63, 3.8) is 0 Å². The lowest BCUT2D eigenvalue weighted by Gasteiger charge is -2.60. The zero-order chi connectivity index (χ0) is 14.0. The Morgan fingerprint density at radius 1 is 0.850 bits per heavy atom. The summed E-state index contributed by atoms with van der Waals surface area (Å²) in [6.45, 7) is 5.11. The Bertz CT molecular complexity index is 391. The molecule has 0 aromatic rings. The van der Waals surface area contributed by atoms with Crippen LogP contribution in [0.1, 0.15) is 78.1 Å². The van der Waals surface area contributed by atoms with E-state index in [4.69, 9.17) is 0 Å². The van der Waals surface area contributed by atoms with Crippen molar-refractivity contribution in [2.45, 2.75) is 84.2 Å². The van der Waals surface area contributed by atoms with Crippen molar-refractivity contribution < 1.29 is 5.11 Å². The normalized spacial score (nSPS) is 58.6. The second kappa shape index (κ2) is 4.48. The molecule has 0 radical (unpaired) electrons. The van der Waals surface area contributed by atoms with E-state index in [0.717, 1.165) is 24.2 Å². The lowest BCUT2D eigenvalue weighted by atomic mass is 9.45. The average molecular weight is 276 g/mol. The summed E-state index contributed by atoms with van der Waals surface area (Å²) in [7, 11) is 0. The van der Waals surface area contributed by atoms with Crippen molar-refractivity contribution in [2.24, 2.45) is 34.5 Å². The molecule has 1 heteroatoms. The largest absolute Gasteiger partial charge is 0.393 e. The van der Waals surface area contributed by atoms with Crippen molar-refractivity contribution >= 4 is 0 Å². The molecule has 4 aliphatic rings. The summed E-state index contributed by atoms with van der Waals surface area (Å²) in [5.74, 6) is 3.39. The van der Waals surface area contributed by atoms with Crippen LogP contribution >= 0.6 is 0 Å². The number of hydrogen-bond acceptors (Lipinski definition) is 1. The summed E-state index contributed by atoms with van der Waals surface area (Å²) >= 11 is 0. The van der Waals surface area contributed by atoms with E-state index in [-0.39, 0.29) is 6.10 Å². The molecular formula is C19H32O. The van der Waals surface area contributed by atoms with Crippen LogP contribution in [0.4, 0.5) is 0 Å². The van der Waals surface area contributed by atoms with E-state index < -0.39 is 0 Å². The van der Waals surface area contributed by atoms with Gasteiger partial charge >= 0.3 is 0 Å². The van der Waals surface area contributed by atoms with Crippen molar-refractivity contribution in [3.8, 4) is 0 Å². The predicted octanol–water partition coefficient (Wildman–Crippen LogP) is 4.78. The lowest BCUT2D eigenvalue weighted by molar-refractivity contribution is -0.122. The molecule has 0 spiro atoms. The van der Waals surface area contributed by atoms with Gasteiger partial charge in [0.25, 0.3) is 0 Å². The molecule has 7 atom stereocenters. The molecule has 0 aromatic carbocycles. The highest BCUT2D eigenvalue weighted by Gasteiger charge is 2.59. The second-order valence-corrected chi connectivity index (χ2v) is 9.12. The molecule has 4 saturated carbocycles. The first kappa shape index (κ1) is 13.6. The predicted molar refractivity (Wildman–Crippen MR) is 82.4 cm³/mol. The number of fused-ring (bicyclic) bond motifs is 5. The number of hydrogen-bond donors (Lipinski definition) is 1. The van der Waals surface area contributed by atoms with Crippen LogP contribution in [0, 0.1) is 34.5 Å². The second-order valence-electron chi connectivity index (χ2n) is 9.12. The van der Waals surface area contributed by atoms with E-state index in [1.54, 1.807) is 0 Å². The maximum absolute atomic E-state index is 10.6. The first-order valence-corrected chi connectivity index (χ1v) is 9.23. The van der Waals surface area contributed by atoms with Crippen LogP contribution in [0.15, 0.2) is 0 Å². The highest BCUT2D eigenvalue weighted by Crippen LogP contribution is 2.66. The highest BCUT2D eigenvalue weighted by molar-refractivity contribution is 5.08. The molecule has 0 unspecified atom stereocenters. The Morgan fingerprint density at radius 3 is 2.50 bits per heavy atom. The van der Waals surface area contributed by atoms with Crippen molar-refractivity contribution in [2.75, 3.05) is 0 Å². The molecule has 0 heterocycles. The molecule has 4 rings (SSSR count). The Hall–Kier alpha value is -0.0400. The van der Waals surface area contributed by atoms with Gasteiger partial charge in [-0.1, -0.05) is 26.7 Å². The van der Waals surface area contributed by atoms with Gasteiger partial charge in [0.05, 0.1) is 6.10 Å². The topological polar surface area (TPSA) is 20.2 Å². The van der Waals surface area contributed by atoms with Crippen LogP contribution in [-0.4, -0.2) is 11.2 Å². The number of aliphatic hydroxyl groups is 1. The maximum atomic E-state index is 10.6. The quantitative estimate of drug-likeness (QED) is 0.675. The van der Waals surface area contributed by atoms with Gasteiger partial charge in [0, 0.05) is 0 Å². The minimum absolute atomic E-state index is 0.0107. The van der Waals surface area contributed by atoms with Gasteiger partial charge in [-0.05, 0) is 85.9 Å². The molecule has 4 aliphatic carbocycles. The van der Waals surface area contributed by atoms with Gasteiger partial charge in [0.1, 0.15) is 0 Å². The molecule has 114 valence electrons. The van der Waals surface area contributed by atoms with Gasteiger partial charge in [0.2, 0.25) is 0 Å². The van der Waals surface area contributed by atoms with E-state index in [1.165, 1.54) is 57.8 Å². The standard InChI is InChI=1S/C19H32O/c1-18-11-8-15-14(17(18)16(20)9-12-18)7-6-13-5-3-4-10-19(13,15)2/h13-17,20H,3-12H2,1-2H3/t13-,14+,15-,16+,17-,18-,19+/m1/s1. The minimum atomic E-state index is 0.0107. The average Bonchev–Trinajstić information content (AvgIpc) is 2.74. The Labute approximate surface area is 124 Å². The molecule has 0 amide bonds. The molecule has 1 nitrogen and oxygen atoms in total. The third-order valence-electron chi connectivity index (χ3n) is 8.38. The molecule has 20 heavy (non-hydrogen) atoms. The van der Waals surface area contributed by atoms with Gasteiger partial charge in [-0.3, -0.25) is 0 Å². The summed E-state index contributed by atoms with van der Waals surface area (Å²) < 4.78 is 0. The fourth-order valence-electron chi connectivity index (χ4n) is 7.32. The molecule has 1 N–H and O–H groups in total. The van der Waals surface area contributed by atoms with Gasteiger partial charge in [-0.25, -0.2) is 0 Å². The summed E-state index contributed by atoms with van der Waals surface area (Å²) in [6, 6.07) is 0. The van der Waals surface area contributed by atoms with Crippen molar-refractivity contribution in [3.05, 3.63) is 0 Å². The third kappa shape index (κ3) is 1.71. The summed E-state index contributed by atoms with van der Waals surface area (Å²) in [5, 5.41) is 10.6. The molecule has 0 aromatic heterocycles. The molecule has 4 fully saturated rings. The smallest absolute Gasteiger partial charge is 0.0576 e. The molecule has 0 aliphatic heterocycles. The first-order valence-electron chi connectivity index (χ1n) is 9.23. The molecule has 0 saturated heterocycles. The van der Waals surface area contributed by atoms with Crippen LogP contribution in [0.2, 0.25) is 0 Å². The van der Waals surface area contributed by atoms with Crippen LogP contribution < -0.4 is 0 Å². The van der Waals surface area contributed by atoms with E-state index in [0.29, 0.717) is 16.7 Å². The first-order chi connectivity index (χ1) is 9.55. The van der Waals surface area contributed by atoms with E-state index >= 15 is 0 Å². The van der Waals surface area contributed by atoms with Crippen molar-refractivity contribution in [1.82, 2.24) is 0 Å². The molecular weight excluding hydrogens is 244 g/mol. The zero-order valence-corrected chi connectivity index (χ0v) is 13.4. The fraction of sp³-hybridized carbons (Fsp3) is 1.00. The third-order valence-corrected chi connectivity index (χ3v) is 8.38. The van der Waals surface area contributed by atoms with Crippen LogP contribution in [0.5, 0.6) is 0 Å². The lowest BCUT2D eigenvalue weighted by Crippen LogP contribution is -2.53. The van der Waals surface area contributed by atoms with Gasteiger partial charge < -0.3 is 5.11 Å². The van der Waals surface area contributed by atoms with E-state index in [1.807, 2.05) is 0 Å². The van der Waals surface area contributed by atoms with Gasteiger partial charge in [-0.15, -0.1) is 0 Å². The maximum Gasteiger partial charge on any atom is 0.0576 e. The minimum Gasteiger partial charge on any atom is -0.393 e. The van der Waals surface area contributed by atoms with Gasteiger partial charge in [-0.2, -0.15) is 0 Å². The Balaban J connectivity index is 1.66. The van der Waals surface area contributed by atoms with Gasteiger partial charge in [0.15, 0.2) is 0 Å². The van der Waals surface area contributed by atoms with Crippen LogP contribution in [0.3, 0.4) is 0 Å². The Morgan fingerprint density at radius 2 is 1.65 bits per heavy atom. The summed E-state index contributed by atoms with van der Waals surface area (Å²) in [6.07, 6.45) is 14.0. The van der Waals surface area contributed by atoms with Crippen LogP contribution in [0.25, 0.3) is 0 Å². The monoisotopic (exact) mass is 276 g/mol. The SMILES string of the molecule is C[C@]12CC[C@@H]3[C@H](CC[C@H]4CCCC[C@@]43C)[C@@H]1[C@@H](O)CC2. The van der Waals surface area contributed by atoms with Crippen molar-refractivity contribution in [1.29, 1.82) is 0 Å². The highest BCUT2D eigenvalue weighted by atomic mass is 16.3.